The molecule has 0 aliphatic carbocycles. The van der Waals surface area contributed by atoms with Crippen LogP contribution in [-0.2, 0) is 0 Å². The average Bonchev–Trinajstić information content (AvgIpc) is 1.96. The minimum atomic E-state index is -0.618. The molecule has 4 N–H and O–H groups in total. The zero-order valence-electron chi connectivity index (χ0n) is 6.35. The Balaban J connectivity index is 3.49. The van der Waals surface area contributed by atoms with Gasteiger partial charge in [-0.1, -0.05) is 11.6 Å². The van der Waals surface area contributed by atoms with Gasteiger partial charge in [0.25, 0.3) is 5.56 Å². The van der Waals surface area contributed by atoms with E-state index in [0.717, 1.165) is 0 Å². The lowest BCUT2D eigenvalue weighted by atomic mass is 10.2. The third-order valence-corrected chi connectivity index (χ3v) is 1.74. The third-order valence-electron chi connectivity index (χ3n) is 1.37. The lowest BCUT2D eigenvalue weighted by Gasteiger charge is -2.05. The van der Waals surface area contributed by atoms with Crippen LogP contribution in [0.2, 0.25) is 5.02 Å². The number of aromatic amines is 2. The van der Waals surface area contributed by atoms with Crippen LogP contribution >= 0.6 is 11.6 Å². The Kier molecular flexibility index (Phi) is 2.35. The van der Waals surface area contributed by atoms with Crippen molar-refractivity contribution in [2.45, 2.75) is 13.0 Å². The van der Waals surface area contributed by atoms with Crippen molar-refractivity contribution in [2.75, 3.05) is 0 Å². The lowest BCUT2D eigenvalue weighted by molar-refractivity contribution is 0.761. The van der Waals surface area contributed by atoms with Gasteiger partial charge in [0.05, 0.1) is 5.69 Å². The quantitative estimate of drug-likeness (QED) is 0.568. The van der Waals surface area contributed by atoms with Gasteiger partial charge in [-0.3, -0.25) is 9.78 Å². The first-order chi connectivity index (χ1) is 5.52. The van der Waals surface area contributed by atoms with Crippen LogP contribution < -0.4 is 17.0 Å². The number of halogens is 1. The van der Waals surface area contributed by atoms with Crippen molar-refractivity contribution >= 4 is 11.6 Å². The maximum absolute atomic E-state index is 10.9. The Morgan fingerprint density at radius 2 is 2.00 bits per heavy atom. The van der Waals surface area contributed by atoms with E-state index < -0.39 is 17.3 Å². The highest BCUT2D eigenvalue weighted by molar-refractivity contribution is 6.31. The van der Waals surface area contributed by atoms with Gasteiger partial charge >= 0.3 is 5.69 Å². The van der Waals surface area contributed by atoms with Crippen LogP contribution in [0.25, 0.3) is 0 Å². The molecule has 0 bridgehead atoms. The second-order valence-electron chi connectivity index (χ2n) is 2.42. The molecule has 0 aliphatic heterocycles. The second kappa shape index (κ2) is 3.12. The number of hydrogen-bond donors (Lipinski definition) is 3. The van der Waals surface area contributed by atoms with Gasteiger partial charge in [-0.2, -0.15) is 0 Å². The molecule has 1 heterocycles. The van der Waals surface area contributed by atoms with Crippen LogP contribution in [0.15, 0.2) is 9.59 Å². The van der Waals surface area contributed by atoms with E-state index in [0.29, 0.717) is 0 Å². The van der Waals surface area contributed by atoms with E-state index in [1.54, 1.807) is 6.92 Å². The van der Waals surface area contributed by atoms with Gasteiger partial charge in [-0.15, -0.1) is 0 Å². The summed E-state index contributed by atoms with van der Waals surface area (Å²) in [6.45, 7) is 1.62. The van der Waals surface area contributed by atoms with E-state index >= 15 is 0 Å². The zero-order chi connectivity index (χ0) is 9.30. The summed E-state index contributed by atoms with van der Waals surface area (Å²) < 4.78 is 0. The molecule has 0 saturated carbocycles. The molecule has 1 aromatic heterocycles. The fourth-order valence-electron chi connectivity index (χ4n) is 0.802. The highest BCUT2D eigenvalue weighted by atomic mass is 35.5. The summed E-state index contributed by atoms with van der Waals surface area (Å²) in [6, 6.07) is -0.465. The van der Waals surface area contributed by atoms with E-state index in [9.17, 15) is 9.59 Å². The van der Waals surface area contributed by atoms with Crippen LogP contribution in [0.4, 0.5) is 0 Å². The maximum atomic E-state index is 10.9. The van der Waals surface area contributed by atoms with Crippen molar-refractivity contribution in [1.29, 1.82) is 0 Å². The van der Waals surface area contributed by atoms with E-state index in [1.807, 2.05) is 4.98 Å². The van der Waals surface area contributed by atoms with Crippen molar-refractivity contribution in [1.82, 2.24) is 9.97 Å². The largest absolute Gasteiger partial charge is 0.326 e. The Morgan fingerprint density at radius 1 is 1.42 bits per heavy atom. The van der Waals surface area contributed by atoms with Gasteiger partial charge in [0.2, 0.25) is 0 Å². The van der Waals surface area contributed by atoms with Crippen molar-refractivity contribution in [2.24, 2.45) is 5.73 Å². The first-order valence-corrected chi connectivity index (χ1v) is 3.67. The van der Waals surface area contributed by atoms with Gasteiger partial charge in [0.1, 0.15) is 5.02 Å². The standard InChI is InChI=1S/C6H8ClN3O2/c1-2(8)4-3(7)5(11)10-6(12)9-4/h2H,8H2,1H3,(H2,9,10,11,12)/t2-/m0/s1. The first kappa shape index (κ1) is 9.02. The van der Waals surface area contributed by atoms with Crippen LogP contribution in [0.5, 0.6) is 0 Å². The van der Waals surface area contributed by atoms with Crippen LogP contribution in [0.3, 0.4) is 0 Å². The van der Waals surface area contributed by atoms with Crippen LogP contribution in [-0.4, -0.2) is 9.97 Å². The minimum absolute atomic E-state index is 0.0652. The van der Waals surface area contributed by atoms with E-state index in [2.05, 4.69) is 4.98 Å². The Bertz CT molecular complexity index is 393. The predicted octanol–water partition coefficient (Wildman–Crippen LogP) is -0.264. The number of hydrogen-bond acceptors (Lipinski definition) is 3. The summed E-state index contributed by atoms with van der Waals surface area (Å²) in [5.41, 5.74) is 4.48. The smallest absolute Gasteiger partial charge is 0.323 e. The third kappa shape index (κ3) is 1.57. The van der Waals surface area contributed by atoms with Crippen molar-refractivity contribution in [3.8, 4) is 0 Å². The minimum Gasteiger partial charge on any atom is -0.323 e. The molecule has 6 heteroatoms. The molecule has 5 nitrogen and oxygen atoms in total. The molecule has 1 aromatic rings. The molecule has 0 spiro atoms. The molecular weight excluding hydrogens is 182 g/mol. The van der Waals surface area contributed by atoms with E-state index in [1.165, 1.54) is 0 Å². The molecule has 0 unspecified atom stereocenters. The fourth-order valence-corrected chi connectivity index (χ4v) is 1.07. The highest BCUT2D eigenvalue weighted by Crippen LogP contribution is 2.11. The van der Waals surface area contributed by atoms with Gasteiger partial charge in [-0.05, 0) is 6.92 Å². The average molecular weight is 190 g/mol. The molecule has 0 saturated heterocycles. The molecule has 0 amide bonds. The summed E-state index contributed by atoms with van der Waals surface area (Å²) in [5, 5.41) is -0.0652. The van der Waals surface area contributed by atoms with Crippen LogP contribution in [0.1, 0.15) is 18.7 Å². The zero-order valence-corrected chi connectivity index (χ0v) is 7.11. The Labute approximate surface area is 72.6 Å². The molecule has 1 atom stereocenters. The van der Waals surface area contributed by atoms with Crippen molar-refractivity contribution in [3.63, 3.8) is 0 Å². The number of nitrogens with two attached hydrogens (primary N) is 1. The summed E-state index contributed by atoms with van der Waals surface area (Å²) in [6.07, 6.45) is 0. The molecule has 0 aromatic carbocycles. The molecule has 66 valence electrons. The summed E-state index contributed by atoms with van der Waals surface area (Å²) in [7, 11) is 0. The molecule has 0 radical (unpaired) electrons. The summed E-state index contributed by atoms with van der Waals surface area (Å²) in [5.74, 6) is 0. The predicted molar refractivity (Wildman–Crippen MR) is 45.3 cm³/mol. The normalized spacial score (nSPS) is 12.9. The van der Waals surface area contributed by atoms with Gasteiger partial charge < -0.3 is 10.7 Å². The van der Waals surface area contributed by atoms with Crippen LogP contribution in [0, 0.1) is 0 Å². The molecule has 0 aliphatic rings. The molecule has 0 fully saturated rings. The fraction of sp³-hybridized carbons (Fsp3) is 0.333. The van der Waals surface area contributed by atoms with Gasteiger partial charge in [0.15, 0.2) is 0 Å². The van der Waals surface area contributed by atoms with Gasteiger partial charge in [0, 0.05) is 6.04 Å². The SMILES string of the molecule is C[C@H](N)c1[nH]c(=O)[nH]c(=O)c1Cl. The molecule has 1 rings (SSSR count). The number of aromatic nitrogens is 2. The second-order valence-corrected chi connectivity index (χ2v) is 2.80. The molecule has 12 heavy (non-hydrogen) atoms. The number of rotatable bonds is 1. The van der Waals surface area contributed by atoms with Crippen molar-refractivity contribution < 1.29 is 0 Å². The molecular formula is C6H8ClN3O2. The van der Waals surface area contributed by atoms with E-state index in [4.69, 9.17) is 17.3 Å². The van der Waals surface area contributed by atoms with Crippen molar-refractivity contribution in [3.05, 3.63) is 31.6 Å². The number of nitrogens with one attached hydrogen (secondary N) is 2. The Morgan fingerprint density at radius 3 is 2.50 bits per heavy atom. The number of H-pyrrole nitrogens is 2. The first-order valence-electron chi connectivity index (χ1n) is 3.30. The highest BCUT2D eigenvalue weighted by Gasteiger charge is 2.09. The monoisotopic (exact) mass is 189 g/mol. The summed E-state index contributed by atoms with van der Waals surface area (Å²) in [4.78, 5) is 26.0. The topological polar surface area (TPSA) is 91.7 Å². The van der Waals surface area contributed by atoms with E-state index in [-0.39, 0.29) is 10.7 Å². The maximum Gasteiger partial charge on any atom is 0.326 e. The summed E-state index contributed by atoms with van der Waals surface area (Å²) >= 11 is 5.57. The lowest BCUT2D eigenvalue weighted by Crippen LogP contribution is -2.27. The Hall–Kier alpha value is -1.07. The van der Waals surface area contributed by atoms with Gasteiger partial charge in [-0.25, -0.2) is 4.79 Å².